The maximum absolute atomic E-state index is 10.8. The number of nitrogens with zero attached hydrogens (tertiary/aromatic N) is 2. The minimum Gasteiger partial charge on any atom is -0.478 e. The van der Waals surface area contributed by atoms with E-state index in [9.17, 15) is 4.79 Å². The van der Waals surface area contributed by atoms with Gasteiger partial charge in [-0.25, -0.2) is 9.78 Å². The van der Waals surface area contributed by atoms with E-state index in [2.05, 4.69) is 4.98 Å². The Labute approximate surface area is 83.7 Å². The number of halogens is 1. The van der Waals surface area contributed by atoms with E-state index in [0.29, 0.717) is 5.82 Å². The number of imidazole rings is 1. The Kier molecular flexibility index (Phi) is 1.82. The minimum atomic E-state index is -1.06. The summed E-state index contributed by atoms with van der Waals surface area (Å²) in [7, 11) is 0. The van der Waals surface area contributed by atoms with Crippen LogP contribution >= 0.6 is 11.6 Å². The van der Waals surface area contributed by atoms with Crippen LogP contribution in [0.25, 0.3) is 5.65 Å². The summed E-state index contributed by atoms with van der Waals surface area (Å²) in [6.07, 6.45) is 1.47. The molecule has 5 nitrogen and oxygen atoms in total. The lowest BCUT2D eigenvalue weighted by Gasteiger charge is -2.01. The van der Waals surface area contributed by atoms with Gasteiger partial charge in [0.2, 0.25) is 0 Å². The van der Waals surface area contributed by atoms with E-state index in [4.69, 9.17) is 22.4 Å². The highest BCUT2D eigenvalue weighted by Gasteiger charge is 2.12. The summed E-state index contributed by atoms with van der Waals surface area (Å²) in [4.78, 5) is 14.7. The van der Waals surface area contributed by atoms with E-state index >= 15 is 0 Å². The van der Waals surface area contributed by atoms with Gasteiger partial charge in [0.1, 0.15) is 16.5 Å². The van der Waals surface area contributed by atoms with Gasteiger partial charge in [-0.3, -0.25) is 4.40 Å². The first kappa shape index (κ1) is 8.83. The van der Waals surface area contributed by atoms with Crippen molar-refractivity contribution in [2.24, 2.45) is 0 Å². The number of carboxylic acids is 1. The van der Waals surface area contributed by atoms with E-state index < -0.39 is 5.97 Å². The predicted octanol–water partition coefficient (Wildman–Crippen LogP) is 1.27. The first-order valence-electron chi connectivity index (χ1n) is 3.76. The number of carboxylic acid groups (broad SMARTS) is 1. The zero-order valence-corrected chi connectivity index (χ0v) is 7.69. The van der Waals surface area contributed by atoms with Gasteiger partial charge in [-0.1, -0.05) is 11.6 Å². The number of rotatable bonds is 1. The number of hydrogen-bond donors (Lipinski definition) is 2. The van der Waals surface area contributed by atoms with Crippen molar-refractivity contribution < 1.29 is 9.90 Å². The van der Waals surface area contributed by atoms with Gasteiger partial charge in [-0.05, 0) is 12.1 Å². The zero-order chi connectivity index (χ0) is 10.3. The number of nitrogen functional groups attached to an aromatic ring is 1. The van der Waals surface area contributed by atoms with Gasteiger partial charge in [-0.15, -0.1) is 0 Å². The Morgan fingerprint density at radius 2 is 2.29 bits per heavy atom. The van der Waals surface area contributed by atoms with Crippen LogP contribution < -0.4 is 5.73 Å². The summed E-state index contributed by atoms with van der Waals surface area (Å²) < 4.78 is 1.44. The summed E-state index contributed by atoms with van der Waals surface area (Å²) in [5.74, 6) is -0.665. The molecule has 0 atom stereocenters. The van der Waals surface area contributed by atoms with Crippen molar-refractivity contribution in [2.45, 2.75) is 0 Å². The van der Waals surface area contributed by atoms with Crippen molar-refractivity contribution in [3.8, 4) is 0 Å². The topological polar surface area (TPSA) is 80.6 Å². The molecule has 0 bridgehead atoms. The maximum atomic E-state index is 10.8. The van der Waals surface area contributed by atoms with Crippen molar-refractivity contribution in [1.82, 2.24) is 9.38 Å². The van der Waals surface area contributed by atoms with Crippen LogP contribution in [0.2, 0.25) is 5.15 Å². The fraction of sp³-hybridized carbons (Fsp3) is 0. The Morgan fingerprint density at radius 3 is 2.93 bits per heavy atom. The quantitative estimate of drug-likeness (QED) is 0.744. The molecule has 0 spiro atoms. The second-order valence-electron chi connectivity index (χ2n) is 2.73. The largest absolute Gasteiger partial charge is 0.478 e. The molecule has 0 fully saturated rings. The summed E-state index contributed by atoms with van der Waals surface area (Å²) in [5.41, 5.74) is 5.94. The molecule has 3 N–H and O–H groups in total. The van der Waals surface area contributed by atoms with Crippen LogP contribution in [-0.4, -0.2) is 20.5 Å². The number of aromatic nitrogens is 2. The van der Waals surface area contributed by atoms with Gasteiger partial charge in [0.15, 0.2) is 5.65 Å². The Hall–Kier alpha value is -1.75. The van der Waals surface area contributed by atoms with Crippen molar-refractivity contribution in [2.75, 3.05) is 5.73 Å². The SMILES string of the molecule is Nc1ccc(C(=O)O)c2nc(Cl)cn12. The van der Waals surface area contributed by atoms with E-state index in [1.54, 1.807) is 0 Å². The van der Waals surface area contributed by atoms with Gasteiger partial charge in [0, 0.05) is 6.20 Å². The molecule has 2 aromatic heterocycles. The van der Waals surface area contributed by atoms with Crippen molar-refractivity contribution >= 4 is 29.0 Å². The van der Waals surface area contributed by atoms with Crippen LogP contribution in [0.15, 0.2) is 18.3 Å². The monoisotopic (exact) mass is 211 g/mol. The number of fused-ring (bicyclic) bond motifs is 1. The smallest absolute Gasteiger partial charge is 0.339 e. The second-order valence-corrected chi connectivity index (χ2v) is 3.12. The number of anilines is 1. The molecule has 2 rings (SSSR count). The van der Waals surface area contributed by atoms with Gasteiger partial charge < -0.3 is 10.8 Å². The van der Waals surface area contributed by atoms with E-state index in [1.807, 2.05) is 0 Å². The molecular formula is C8H6ClN3O2. The van der Waals surface area contributed by atoms with E-state index in [1.165, 1.54) is 22.7 Å². The average molecular weight is 212 g/mol. The van der Waals surface area contributed by atoms with E-state index in [-0.39, 0.29) is 16.4 Å². The van der Waals surface area contributed by atoms with Crippen LogP contribution in [0.4, 0.5) is 5.82 Å². The first-order valence-corrected chi connectivity index (χ1v) is 4.14. The van der Waals surface area contributed by atoms with Gasteiger partial charge in [0.25, 0.3) is 0 Å². The average Bonchev–Trinajstić information content (AvgIpc) is 2.47. The maximum Gasteiger partial charge on any atom is 0.339 e. The number of nitrogens with two attached hydrogens (primary N) is 1. The summed E-state index contributed by atoms with van der Waals surface area (Å²) >= 11 is 5.65. The molecule has 0 aromatic carbocycles. The molecule has 2 aromatic rings. The Morgan fingerprint density at radius 1 is 1.57 bits per heavy atom. The molecule has 72 valence electrons. The summed E-state index contributed by atoms with van der Waals surface area (Å²) in [6, 6.07) is 2.89. The fourth-order valence-electron chi connectivity index (χ4n) is 1.23. The molecule has 0 amide bonds. The lowest BCUT2D eigenvalue weighted by atomic mass is 10.2. The number of aromatic carboxylic acids is 1. The number of pyridine rings is 1. The van der Waals surface area contributed by atoms with Gasteiger partial charge in [0.05, 0.1) is 0 Å². The van der Waals surface area contributed by atoms with Crippen LogP contribution in [-0.2, 0) is 0 Å². The van der Waals surface area contributed by atoms with Gasteiger partial charge in [-0.2, -0.15) is 0 Å². The molecular weight excluding hydrogens is 206 g/mol. The minimum absolute atomic E-state index is 0.0751. The molecule has 0 saturated carbocycles. The first-order chi connectivity index (χ1) is 6.59. The lowest BCUT2D eigenvalue weighted by molar-refractivity contribution is 0.0698. The van der Waals surface area contributed by atoms with Crippen LogP contribution in [0, 0.1) is 0 Å². The zero-order valence-electron chi connectivity index (χ0n) is 6.94. The molecule has 0 aliphatic rings. The standard InChI is InChI=1S/C8H6ClN3O2/c9-5-3-12-6(10)2-1-4(8(13)14)7(12)11-5/h1-3H,10H2,(H,13,14). The Balaban J connectivity index is 2.87. The van der Waals surface area contributed by atoms with Crippen LogP contribution in [0.1, 0.15) is 10.4 Å². The second kappa shape index (κ2) is 2.88. The van der Waals surface area contributed by atoms with Gasteiger partial charge >= 0.3 is 5.97 Å². The van der Waals surface area contributed by atoms with Crippen LogP contribution in [0.3, 0.4) is 0 Å². The van der Waals surface area contributed by atoms with E-state index in [0.717, 1.165) is 0 Å². The molecule has 0 aliphatic carbocycles. The summed E-state index contributed by atoms with van der Waals surface area (Å²) in [6.45, 7) is 0. The highest BCUT2D eigenvalue weighted by Crippen LogP contribution is 2.18. The number of hydrogen-bond acceptors (Lipinski definition) is 3. The molecule has 2 heterocycles. The highest BCUT2D eigenvalue weighted by molar-refractivity contribution is 6.29. The lowest BCUT2D eigenvalue weighted by Crippen LogP contribution is -2.03. The molecule has 0 unspecified atom stereocenters. The third-order valence-corrected chi connectivity index (χ3v) is 2.03. The third-order valence-electron chi connectivity index (χ3n) is 1.85. The molecule has 0 saturated heterocycles. The fourth-order valence-corrected chi connectivity index (χ4v) is 1.41. The molecule has 0 aliphatic heterocycles. The van der Waals surface area contributed by atoms with Crippen molar-refractivity contribution in [1.29, 1.82) is 0 Å². The highest BCUT2D eigenvalue weighted by atomic mass is 35.5. The Bertz CT molecular complexity index is 521. The third kappa shape index (κ3) is 1.18. The summed E-state index contributed by atoms with van der Waals surface area (Å²) in [5, 5.41) is 9.06. The number of carbonyl (C=O) groups is 1. The molecule has 0 radical (unpaired) electrons. The molecule has 14 heavy (non-hydrogen) atoms. The van der Waals surface area contributed by atoms with Crippen molar-refractivity contribution in [3.63, 3.8) is 0 Å². The predicted molar refractivity (Wildman–Crippen MR) is 51.6 cm³/mol. The molecule has 6 heteroatoms. The van der Waals surface area contributed by atoms with Crippen molar-refractivity contribution in [3.05, 3.63) is 29.0 Å². The normalized spacial score (nSPS) is 10.6. The van der Waals surface area contributed by atoms with Crippen LogP contribution in [0.5, 0.6) is 0 Å².